The van der Waals surface area contributed by atoms with Gasteiger partial charge in [-0.15, -0.1) is 5.10 Å². The fourth-order valence-corrected chi connectivity index (χ4v) is 3.25. The van der Waals surface area contributed by atoms with Crippen LogP contribution in [0.25, 0.3) is 0 Å². The molecular weight excluding hydrogens is 228 g/mol. The van der Waals surface area contributed by atoms with E-state index in [2.05, 4.69) is 34.7 Å². The highest BCUT2D eigenvalue weighted by Crippen LogP contribution is 2.45. The van der Waals surface area contributed by atoms with Gasteiger partial charge in [0, 0.05) is 12.1 Å². The topological polar surface area (TPSA) is 63.0 Å². The van der Waals surface area contributed by atoms with Gasteiger partial charge in [0.1, 0.15) is 0 Å². The van der Waals surface area contributed by atoms with Crippen LogP contribution in [0.1, 0.15) is 45.4 Å². The molecule has 2 aliphatic rings. The fraction of sp³-hybridized carbons (Fsp3) is 0.846. The second-order valence-corrected chi connectivity index (χ2v) is 5.96. The zero-order valence-electron chi connectivity index (χ0n) is 11.1. The van der Waals surface area contributed by atoms with Gasteiger partial charge >= 0.3 is 6.01 Å². The fourth-order valence-electron chi connectivity index (χ4n) is 3.25. The standard InChI is InChI=1S/C13H22N4O/c1-8(2)14-7-12-16-17-13(18-12)15-11-6-9-3-4-10(11)5-9/h8-11,14H,3-7H2,1-2H3,(H,15,17). The number of nitrogens with zero attached hydrogens (tertiary/aromatic N) is 2. The molecule has 1 heterocycles. The zero-order valence-corrected chi connectivity index (χ0v) is 11.1. The molecule has 5 heteroatoms. The van der Waals surface area contributed by atoms with Gasteiger partial charge in [-0.05, 0) is 31.1 Å². The quantitative estimate of drug-likeness (QED) is 0.838. The number of aromatic nitrogens is 2. The normalized spacial score (nSPS) is 30.3. The van der Waals surface area contributed by atoms with Crippen molar-refractivity contribution in [2.75, 3.05) is 5.32 Å². The van der Waals surface area contributed by atoms with Crippen molar-refractivity contribution >= 4 is 6.01 Å². The van der Waals surface area contributed by atoms with Crippen LogP contribution in [-0.4, -0.2) is 22.3 Å². The summed E-state index contributed by atoms with van der Waals surface area (Å²) in [6.45, 7) is 4.85. The van der Waals surface area contributed by atoms with E-state index in [1.807, 2.05) is 0 Å². The van der Waals surface area contributed by atoms with Crippen LogP contribution in [0.3, 0.4) is 0 Å². The molecule has 0 radical (unpaired) electrons. The van der Waals surface area contributed by atoms with Crippen molar-refractivity contribution in [3.05, 3.63) is 5.89 Å². The first-order valence-corrected chi connectivity index (χ1v) is 7.03. The van der Waals surface area contributed by atoms with E-state index in [-0.39, 0.29) is 0 Å². The van der Waals surface area contributed by atoms with Gasteiger partial charge < -0.3 is 15.1 Å². The van der Waals surface area contributed by atoms with Crippen LogP contribution < -0.4 is 10.6 Å². The van der Waals surface area contributed by atoms with E-state index < -0.39 is 0 Å². The molecule has 0 aliphatic heterocycles. The molecule has 2 fully saturated rings. The number of fused-ring (bicyclic) bond motifs is 2. The lowest BCUT2D eigenvalue weighted by molar-refractivity contribution is 0.416. The number of nitrogens with one attached hydrogen (secondary N) is 2. The maximum Gasteiger partial charge on any atom is 0.315 e. The summed E-state index contributed by atoms with van der Waals surface area (Å²) in [7, 11) is 0. The highest BCUT2D eigenvalue weighted by molar-refractivity contribution is 5.22. The van der Waals surface area contributed by atoms with Crippen molar-refractivity contribution in [3.8, 4) is 0 Å². The monoisotopic (exact) mass is 250 g/mol. The van der Waals surface area contributed by atoms with Crippen LogP contribution in [-0.2, 0) is 6.54 Å². The third kappa shape index (κ3) is 2.51. The van der Waals surface area contributed by atoms with Crippen molar-refractivity contribution in [3.63, 3.8) is 0 Å². The van der Waals surface area contributed by atoms with Crippen LogP contribution in [0.4, 0.5) is 6.01 Å². The molecule has 0 aromatic carbocycles. The van der Waals surface area contributed by atoms with Gasteiger partial charge in [-0.3, -0.25) is 0 Å². The lowest BCUT2D eigenvalue weighted by atomic mass is 9.96. The number of hydrogen-bond donors (Lipinski definition) is 2. The Labute approximate surface area is 108 Å². The minimum absolute atomic E-state index is 0.430. The summed E-state index contributed by atoms with van der Waals surface area (Å²) < 4.78 is 5.61. The van der Waals surface area contributed by atoms with Gasteiger partial charge in [0.15, 0.2) is 0 Å². The Balaban J connectivity index is 1.54. The van der Waals surface area contributed by atoms with E-state index in [1.54, 1.807) is 0 Å². The first kappa shape index (κ1) is 12.0. The van der Waals surface area contributed by atoms with Gasteiger partial charge in [-0.2, -0.15) is 0 Å². The lowest BCUT2D eigenvalue weighted by Gasteiger charge is -2.21. The van der Waals surface area contributed by atoms with Crippen molar-refractivity contribution in [1.82, 2.24) is 15.5 Å². The second kappa shape index (κ2) is 4.88. The van der Waals surface area contributed by atoms with E-state index in [9.17, 15) is 0 Å². The number of anilines is 1. The molecule has 5 nitrogen and oxygen atoms in total. The largest absolute Gasteiger partial charge is 0.407 e. The van der Waals surface area contributed by atoms with Gasteiger partial charge in [0.05, 0.1) is 6.54 Å². The van der Waals surface area contributed by atoms with E-state index in [0.29, 0.717) is 30.5 Å². The molecule has 2 bridgehead atoms. The molecule has 2 saturated carbocycles. The summed E-state index contributed by atoms with van der Waals surface area (Å²) in [5, 5.41) is 14.8. The van der Waals surface area contributed by atoms with E-state index >= 15 is 0 Å². The van der Waals surface area contributed by atoms with Crippen LogP contribution >= 0.6 is 0 Å². The summed E-state index contributed by atoms with van der Waals surface area (Å²) in [5.74, 6) is 2.41. The molecule has 1 aromatic rings. The first-order valence-electron chi connectivity index (χ1n) is 7.03. The first-order chi connectivity index (χ1) is 8.70. The molecule has 100 valence electrons. The van der Waals surface area contributed by atoms with Crippen molar-refractivity contribution in [1.29, 1.82) is 0 Å². The zero-order chi connectivity index (χ0) is 12.5. The highest BCUT2D eigenvalue weighted by Gasteiger charge is 2.40. The minimum atomic E-state index is 0.430. The molecule has 3 atom stereocenters. The predicted octanol–water partition coefficient (Wildman–Crippen LogP) is 2.17. The average Bonchev–Trinajstić information content (AvgIpc) is 3.02. The van der Waals surface area contributed by atoms with Crippen LogP contribution in [0.2, 0.25) is 0 Å². The van der Waals surface area contributed by atoms with Crippen molar-refractivity contribution in [2.24, 2.45) is 11.8 Å². The van der Waals surface area contributed by atoms with E-state index in [0.717, 1.165) is 11.8 Å². The summed E-state index contributed by atoms with van der Waals surface area (Å²) >= 11 is 0. The number of rotatable bonds is 5. The predicted molar refractivity (Wildman–Crippen MR) is 69.1 cm³/mol. The molecule has 0 saturated heterocycles. The third-order valence-electron chi connectivity index (χ3n) is 4.18. The van der Waals surface area contributed by atoms with Gasteiger partial charge in [0.25, 0.3) is 0 Å². The van der Waals surface area contributed by atoms with Crippen molar-refractivity contribution < 1.29 is 4.42 Å². The van der Waals surface area contributed by atoms with Gasteiger partial charge in [-0.25, -0.2) is 0 Å². The summed E-state index contributed by atoms with van der Waals surface area (Å²) in [6, 6.07) is 1.57. The minimum Gasteiger partial charge on any atom is -0.407 e. The van der Waals surface area contributed by atoms with Crippen molar-refractivity contribution in [2.45, 2.75) is 58.2 Å². The SMILES string of the molecule is CC(C)NCc1nnc(NC2CC3CCC2C3)o1. The molecule has 0 spiro atoms. The van der Waals surface area contributed by atoms with Crippen LogP contribution in [0, 0.1) is 11.8 Å². The van der Waals surface area contributed by atoms with Crippen LogP contribution in [0.15, 0.2) is 4.42 Å². The Kier molecular flexibility index (Phi) is 3.24. The molecule has 3 rings (SSSR count). The maximum atomic E-state index is 5.61. The van der Waals surface area contributed by atoms with E-state index in [4.69, 9.17) is 4.42 Å². The third-order valence-corrected chi connectivity index (χ3v) is 4.18. The lowest BCUT2D eigenvalue weighted by Crippen LogP contribution is -2.25. The maximum absolute atomic E-state index is 5.61. The molecule has 2 N–H and O–H groups in total. The second-order valence-electron chi connectivity index (χ2n) is 5.96. The van der Waals surface area contributed by atoms with Gasteiger partial charge in [0.2, 0.25) is 5.89 Å². The molecule has 3 unspecified atom stereocenters. The Morgan fingerprint density at radius 1 is 1.28 bits per heavy atom. The Bertz CT molecular complexity index is 403. The summed E-state index contributed by atoms with van der Waals surface area (Å²) in [6.07, 6.45) is 5.43. The van der Waals surface area contributed by atoms with Gasteiger partial charge in [-0.1, -0.05) is 25.4 Å². The number of hydrogen-bond acceptors (Lipinski definition) is 5. The Hall–Kier alpha value is -1.10. The molecule has 1 aromatic heterocycles. The molecular formula is C13H22N4O. The summed E-state index contributed by atoms with van der Waals surface area (Å²) in [4.78, 5) is 0. The highest BCUT2D eigenvalue weighted by atomic mass is 16.4. The van der Waals surface area contributed by atoms with Crippen LogP contribution in [0.5, 0.6) is 0 Å². The smallest absolute Gasteiger partial charge is 0.315 e. The molecule has 2 aliphatic carbocycles. The molecule has 0 amide bonds. The molecule has 18 heavy (non-hydrogen) atoms. The van der Waals surface area contributed by atoms with E-state index in [1.165, 1.54) is 25.7 Å². The summed E-state index contributed by atoms with van der Waals surface area (Å²) in [5.41, 5.74) is 0. The Morgan fingerprint density at radius 3 is 2.83 bits per heavy atom. The Morgan fingerprint density at radius 2 is 2.17 bits per heavy atom. The average molecular weight is 250 g/mol.